The van der Waals surface area contributed by atoms with Gasteiger partial charge in [-0.25, -0.2) is 4.98 Å². The molecular weight excluding hydrogens is 430 g/mol. The summed E-state index contributed by atoms with van der Waals surface area (Å²) in [5.41, 5.74) is 1.58. The van der Waals surface area contributed by atoms with E-state index in [1.165, 1.54) is 43.8 Å². The van der Waals surface area contributed by atoms with Gasteiger partial charge in [0.1, 0.15) is 9.88 Å². The summed E-state index contributed by atoms with van der Waals surface area (Å²) in [6.45, 7) is -1.30. The molecule has 3 rings (SSSR count). The maximum atomic E-state index is 12.8. The van der Waals surface area contributed by atoms with Crippen molar-refractivity contribution in [2.75, 3.05) is 26.6 Å². The SMILES string of the molecule is COc1ccc(-c2nc(C)c(C(=O)Nc3ccc(OC)c(OC(F)F)c3)s2)cc1OC. The third-order valence-electron chi connectivity index (χ3n) is 4.27. The summed E-state index contributed by atoms with van der Waals surface area (Å²) < 4.78 is 45.3. The molecule has 7 nitrogen and oxygen atoms in total. The standard InChI is InChI=1S/C21H20F2N2O5S/c1-11-18(31-20(24-11)12-5-7-14(27-2)16(9-12)29-4)19(26)25-13-6-8-15(28-3)17(10-13)30-21(22)23/h5-10,21H,1-4H3,(H,25,26). The number of hydrogen-bond acceptors (Lipinski definition) is 7. The first-order valence-corrected chi connectivity index (χ1v) is 9.82. The highest BCUT2D eigenvalue weighted by atomic mass is 32.1. The zero-order valence-electron chi connectivity index (χ0n) is 17.2. The highest BCUT2D eigenvalue weighted by molar-refractivity contribution is 7.17. The van der Waals surface area contributed by atoms with Gasteiger partial charge < -0.3 is 24.3 Å². The van der Waals surface area contributed by atoms with Crippen LogP contribution in [0, 0.1) is 6.92 Å². The number of nitrogens with one attached hydrogen (secondary N) is 1. The minimum atomic E-state index is -3.02. The fourth-order valence-corrected chi connectivity index (χ4v) is 3.79. The zero-order chi connectivity index (χ0) is 22.5. The van der Waals surface area contributed by atoms with Crippen LogP contribution in [0.1, 0.15) is 15.4 Å². The summed E-state index contributed by atoms with van der Waals surface area (Å²) in [5, 5.41) is 3.30. The normalized spacial score (nSPS) is 10.7. The van der Waals surface area contributed by atoms with E-state index in [1.54, 1.807) is 26.2 Å². The molecular formula is C21H20F2N2O5S. The summed E-state index contributed by atoms with van der Waals surface area (Å²) >= 11 is 1.20. The summed E-state index contributed by atoms with van der Waals surface area (Å²) in [4.78, 5) is 17.6. The van der Waals surface area contributed by atoms with Crippen molar-refractivity contribution in [2.45, 2.75) is 13.5 Å². The second-order valence-electron chi connectivity index (χ2n) is 6.20. The molecule has 0 fully saturated rings. The first-order chi connectivity index (χ1) is 14.9. The van der Waals surface area contributed by atoms with E-state index in [-0.39, 0.29) is 17.2 Å². The minimum absolute atomic E-state index is 0.128. The molecule has 1 heterocycles. The quantitative estimate of drug-likeness (QED) is 0.521. The number of thiazole rings is 1. The maximum Gasteiger partial charge on any atom is 0.387 e. The average molecular weight is 450 g/mol. The van der Waals surface area contributed by atoms with Crippen molar-refractivity contribution in [3.8, 4) is 33.6 Å². The number of hydrogen-bond donors (Lipinski definition) is 1. The Kier molecular flexibility index (Phi) is 6.91. The molecule has 0 unspecified atom stereocenters. The summed E-state index contributed by atoms with van der Waals surface area (Å²) in [6.07, 6.45) is 0. The van der Waals surface area contributed by atoms with E-state index in [0.29, 0.717) is 27.1 Å². The minimum Gasteiger partial charge on any atom is -0.493 e. The van der Waals surface area contributed by atoms with Crippen LogP contribution in [0.25, 0.3) is 10.6 Å². The molecule has 1 amide bonds. The molecule has 0 radical (unpaired) electrons. The predicted octanol–water partition coefficient (Wildman–Crippen LogP) is 5.00. The van der Waals surface area contributed by atoms with Crippen LogP contribution in [-0.4, -0.2) is 38.8 Å². The summed E-state index contributed by atoms with van der Waals surface area (Å²) in [6, 6.07) is 9.58. The molecule has 31 heavy (non-hydrogen) atoms. The largest absolute Gasteiger partial charge is 0.493 e. The molecule has 3 aromatic rings. The van der Waals surface area contributed by atoms with Gasteiger partial charge in [-0.05, 0) is 37.3 Å². The van der Waals surface area contributed by atoms with Gasteiger partial charge in [0.05, 0.1) is 27.0 Å². The van der Waals surface area contributed by atoms with Crippen LogP contribution in [0.15, 0.2) is 36.4 Å². The second kappa shape index (κ2) is 9.61. The number of aryl methyl sites for hydroxylation is 1. The molecule has 1 aromatic heterocycles. The average Bonchev–Trinajstić information content (AvgIpc) is 3.14. The first kappa shape index (κ1) is 22.3. The van der Waals surface area contributed by atoms with Gasteiger partial charge in [0.15, 0.2) is 23.0 Å². The topological polar surface area (TPSA) is 78.9 Å². The van der Waals surface area contributed by atoms with Gasteiger partial charge in [0.2, 0.25) is 0 Å². The molecule has 164 valence electrons. The van der Waals surface area contributed by atoms with Crippen LogP contribution < -0.4 is 24.3 Å². The number of rotatable bonds is 8. The molecule has 0 saturated carbocycles. The van der Waals surface area contributed by atoms with E-state index < -0.39 is 12.5 Å². The van der Waals surface area contributed by atoms with Gasteiger partial charge >= 0.3 is 6.61 Å². The molecule has 0 atom stereocenters. The van der Waals surface area contributed by atoms with Gasteiger partial charge in [0.25, 0.3) is 5.91 Å². The Morgan fingerprint density at radius 3 is 2.26 bits per heavy atom. The van der Waals surface area contributed by atoms with Crippen LogP contribution in [0.5, 0.6) is 23.0 Å². The smallest absolute Gasteiger partial charge is 0.387 e. The van der Waals surface area contributed by atoms with Gasteiger partial charge in [0, 0.05) is 17.3 Å². The number of benzene rings is 2. The van der Waals surface area contributed by atoms with E-state index >= 15 is 0 Å². The Morgan fingerprint density at radius 1 is 0.968 bits per heavy atom. The summed E-state index contributed by atoms with van der Waals surface area (Å²) in [7, 11) is 4.42. The van der Waals surface area contributed by atoms with E-state index in [1.807, 2.05) is 6.07 Å². The molecule has 2 aromatic carbocycles. The lowest BCUT2D eigenvalue weighted by atomic mass is 10.2. The molecule has 0 bridgehead atoms. The highest BCUT2D eigenvalue weighted by Gasteiger charge is 2.19. The zero-order valence-corrected chi connectivity index (χ0v) is 18.0. The van der Waals surface area contributed by atoms with Crippen LogP contribution >= 0.6 is 11.3 Å². The third-order valence-corrected chi connectivity index (χ3v) is 5.48. The molecule has 0 aliphatic rings. The van der Waals surface area contributed by atoms with Crippen molar-refractivity contribution in [1.82, 2.24) is 4.98 Å². The van der Waals surface area contributed by atoms with Gasteiger partial charge in [-0.15, -0.1) is 11.3 Å². The Balaban J connectivity index is 1.85. The molecule has 10 heteroatoms. The van der Waals surface area contributed by atoms with E-state index in [9.17, 15) is 13.6 Å². The number of nitrogens with zero attached hydrogens (tertiary/aromatic N) is 1. The molecule has 0 aliphatic heterocycles. The predicted molar refractivity (Wildman–Crippen MR) is 113 cm³/mol. The lowest BCUT2D eigenvalue weighted by Crippen LogP contribution is -2.12. The first-order valence-electron chi connectivity index (χ1n) is 9.00. The molecule has 1 N–H and O–H groups in total. The molecule has 0 aliphatic carbocycles. The second-order valence-corrected chi connectivity index (χ2v) is 7.20. The lowest BCUT2D eigenvalue weighted by Gasteiger charge is -2.12. The molecule has 0 saturated heterocycles. The van der Waals surface area contributed by atoms with Crippen molar-refractivity contribution in [3.05, 3.63) is 47.0 Å². The lowest BCUT2D eigenvalue weighted by molar-refractivity contribution is -0.0511. The number of halogens is 2. The Bertz CT molecular complexity index is 1090. The number of carbonyl (C=O) groups excluding carboxylic acids is 1. The number of carbonyl (C=O) groups is 1. The highest BCUT2D eigenvalue weighted by Crippen LogP contribution is 2.36. The monoisotopic (exact) mass is 450 g/mol. The van der Waals surface area contributed by atoms with Crippen molar-refractivity contribution < 1.29 is 32.5 Å². The summed E-state index contributed by atoms with van der Waals surface area (Å²) in [5.74, 6) is 0.655. The fourth-order valence-electron chi connectivity index (χ4n) is 2.83. The number of ether oxygens (including phenoxy) is 4. The Labute approximate surface area is 181 Å². The van der Waals surface area contributed by atoms with Gasteiger partial charge in [-0.3, -0.25) is 4.79 Å². The maximum absolute atomic E-state index is 12.8. The number of aromatic nitrogens is 1. The van der Waals surface area contributed by atoms with Crippen molar-refractivity contribution in [1.29, 1.82) is 0 Å². The Hall–Kier alpha value is -3.40. The van der Waals surface area contributed by atoms with Gasteiger partial charge in [-0.1, -0.05) is 0 Å². The van der Waals surface area contributed by atoms with E-state index in [2.05, 4.69) is 15.0 Å². The van der Waals surface area contributed by atoms with Crippen LogP contribution in [0.2, 0.25) is 0 Å². The van der Waals surface area contributed by atoms with E-state index in [4.69, 9.17) is 14.2 Å². The van der Waals surface area contributed by atoms with Crippen molar-refractivity contribution in [2.24, 2.45) is 0 Å². The molecule has 0 spiro atoms. The van der Waals surface area contributed by atoms with Crippen LogP contribution in [0.4, 0.5) is 14.5 Å². The Morgan fingerprint density at radius 2 is 1.61 bits per heavy atom. The van der Waals surface area contributed by atoms with Crippen molar-refractivity contribution in [3.63, 3.8) is 0 Å². The van der Waals surface area contributed by atoms with Gasteiger partial charge in [-0.2, -0.15) is 8.78 Å². The number of methoxy groups -OCH3 is 3. The van der Waals surface area contributed by atoms with Crippen LogP contribution in [0.3, 0.4) is 0 Å². The number of anilines is 1. The van der Waals surface area contributed by atoms with E-state index in [0.717, 1.165) is 5.56 Å². The number of amides is 1. The third kappa shape index (κ3) is 5.02. The van der Waals surface area contributed by atoms with Crippen LogP contribution in [-0.2, 0) is 0 Å². The number of alkyl halides is 2. The van der Waals surface area contributed by atoms with Crippen molar-refractivity contribution >= 4 is 22.9 Å². The fraction of sp³-hybridized carbons (Fsp3) is 0.238.